The molecule has 1 amide bonds. The van der Waals surface area contributed by atoms with Crippen molar-refractivity contribution < 1.29 is 9.53 Å². The van der Waals surface area contributed by atoms with Crippen molar-refractivity contribution in [3.8, 4) is 0 Å². The number of hydrogen-bond donors (Lipinski definition) is 2. The molecule has 1 aromatic rings. The zero-order valence-electron chi connectivity index (χ0n) is 13.1. The summed E-state index contributed by atoms with van der Waals surface area (Å²) in [5.74, 6) is 1.93. The van der Waals surface area contributed by atoms with Gasteiger partial charge in [0.05, 0.1) is 6.04 Å². The molecule has 0 radical (unpaired) electrons. The molecule has 2 aliphatic rings. The summed E-state index contributed by atoms with van der Waals surface area (Å²) in [5.41, 5.74) is 6.05. The molecule has 3 rings (SSSR count). The zero-order valence-corrected chi connectivity index (χ0v) is 13.1. The van der Waals surface area contributed by atoms with Crippen molar-refractivity contribution in [2.75, 3.05) is 7.11 Å². The fourth-order valence-corrected chi connectivity index (χ4v) is 3.54. The molecule has 122 valence electrons. The topological polar surface area (TPSA) is 95.1 Å². The molecule has 1 aromatic heterocycles. The van der Waals surface area contributed by atoms with Gasteiger partial charge in [0.25, 0.3) is 0 Å². The number of hydrogen-bond acceptors (Lipinski definition) is 5. The van der Waals surface area contributed by atoms with Crippen LogP contribution in [0, 0.1) is 5.92 Å². The molecule has 7 nitrogen and oxygen atoms in total. The largest absolute Gasteiger partial charge is 0.377 e. The molecule has 0 saturated heterocycles. The lowest BCUT2D eigenvalue weighted by molar-refractivity contribution is -0.123. The fraction of sp³-hybridized carbons (Fsp3) is 0.800. The van der Waals surface area contributed by atoms with Crippen LogP contribution in [-0.2, 0) is 22.7 Å². The molecule has 0 bridgehead atoms. The number of nitrogens with two attached hydrogens (primary N) is 1. The Morgan fingerprint density at radius 1 is 1.41 bits per heavy atom. The van der Waals surface area contributed by atoms with Gasteiger partial charge in [-0.25, -0.2) is 9.67 Å². The third kappa shape index (κ3) is 3.30. The van der Waals surface area contributed by atoms with Crippen LogP contribution >= 0.6 is 0 Å². The van der Waals surface area contributed by atoms with Crippen molar-refractivity contribution in [2.45, 2.75) is 63.8 Å². The maximum atomic E-state index is 12.3. The van der Waals surface area contributed by atoms with Gasteiger partial charge >= 0.3 is 0 Å². The minimum atomic E-state index is -0.0445. The summed E-state index contributed by atoms with van der Waals surface area (Å²) in [6.07, 6.45) is 5.67. The number of aromatic nitrogens is 3. The van der Waals surface area contributed by atoms with Gasteiger partial charge in [0.15, 0.2) is 5.82 Å². The Kier molecular flexibility index (Phi) is 4.73. The summed E-state index contributed by atoms with van der Waals surface area (Å²) in [7, 11) is 1.63. The van der Waals surface area contributed by atoms with Gasteiger partial charge in [-0.2, -0.15) is 5.10 Å². The molecular formula is C15H25N5O2. The van der Waals surface area contributed by atoms with Crippen molar-refractivity contribution in [2.24, 2.45) is 11.7 Å². The summed E-state index contributed by atoms with van der Waals surface area (Å²) >= 11 is 0. The third-order valence-corrected chi connectivity index (χ3v) is 4.69. The van der Waals surface area contributed by atoms with Crippen LogP contribution < -0.4 is 11.1 Å². The molecule has 22 heavy (non-hydrogen) atoms. The van der Waals surface area contributed by atoms with E-state index in [2.05, 4.69) is 15.4 Å². The molecule has 3 atom stereocenters. The molecule has 1 unspecified atom stereocenters. The minimum Gasteiger partial charge on any atom is -0.377 e. The quantitative estimate of drug-likeness (QED) is 0.842. The molecule has 2 heterocycles. The third-order valence-electron chi connectivity index (χ3n) is 4.69. The van der Waals surface area contributed by atoms with Gasteiger partial charge in [-0.3, -0.25) is 4.79 Å². The summed E-state index contributed by atoms with van der Waals surface area (Å²) in [5, 5.41) is 7.54. The Morgan fingerprint density at radius 2 is 2.27 bits per heavy atom. The number of fused-ring (bicyclic) bond motifs is 1. The maximum absolute atomic E-state index is 12.3. The maximum Gasteiger partial charge on any atom is 0.220 e. The second-order valence-electron chi connectivity index (χ2n) is 6.36. The lowest BCUT2D eigenvalue weighted by atomic mass is 9.99. The van der Waals surface area contributed by atoms with Gasteiger partial charge in [0, 0.05) is 26.1 Å². The normalized spacial score (nSPS) is 27.6. The van der Waals surface area contributed by atoms with Crippen molar-refractivity contribution in [1.29, 1.82) is 0 Å². The van der Waals surface area contributed by atoms with E-state index in [9.17, 15) is 4.79 Å². The monoisotopic (exact) mass is 307 g/mol. The van der Waals surface area contributed by atoms with E-state index in [0.29, 0.717) is 24.8 Å². The minimum absolute atomic E-state index is 0.0445. The van der Waals surface area contributed by atoms with Crippen LogP contribution in [0.5, 0.6) is 0 Å². The van der Waals surface area contributed by atoms with Gasteiger partial charge in [-0.05, 0) is 31.6 Å². The fourth-order valence-electron chi connectivity index (χ4n) is 3.54. The standard InChI is InChI=1S/C15H25N5O2/c1-22-9-13-18-15-12(6-3-7-20(15)19-13)17-14(21)8-10-4-2-5-11(10)16/h10-12H,2-9,16H2,1H3,(H,17,21)/t10-,11+,12?/m0/s1. The molecule has 1 aliphatic heterocycles. The average molecular weight is 307 g/mol. The first-order valence-corrected chi connectivity index (χ1v) is 8.15. The molecule has 1 fully saturated rings. The number of rotatable bonds is 5. The Hall–Kier alpha value is -1.47. The molecule has 7 heteroatoms. The number of carbonyl (C=O) groups is 1. The number of nitrogens with zero attached hydrogens (tertiary/aromatic N) is 3. The predicted octanol–water partition coefficient (Wildman–Crippen LogP) is 0.893. The Morgan fingerprint density at radius 3 is 3.00 bits per heavy atom. The summed E-state index contributed by atoms with van der Waals surface area (Å²) in [6.45, 7) is 1.25. The van der Waals surface area contributed by atoms with Crippen LogP contribution in [-0.4, -0.2) is 33.8 Å². The molecule has 0 aromatic carbocycles. The molecule has 1 saturated carbocycles. The predicted molar refractivity (Wildman–Crippen MR) is 80.8 cm³/mol. The highest BCUT2D eigenvalue weighted by Gasteiger charge is 2.29. The zero-order chi connectivity index (χ0) is 15.5. The highest BCUT2D eigenvalue weighted by molar-refractivity contribution is 5.76. The first-order valence-electron chi connectivity index (χ1n) is 8.15. The Labute approximate surface area is 130 Å². The Balaban J connectivity index is 1.62. The van der Waals surface area contributed by atoms with E-state index in [0.717, 1.165) is 44.5 Å². The van der Waals surface area contributed by atoms with E-state index in [1.807, 2.05) is 4.68 Å². The average Bonchev–Trinajstić information content (AvgIpc) is 3.06. The lowest BCUT2D eigenvalue weighted by Gasteiger charge is -2.24. The van der Waals surface area contributed by atoms with E-state index >= 15 is 0 Å². The summed E-state index contributed by atoms with van der Waals surface area (Å²) in [6, 6.07) is 0.131. The SMILES string of the molecule is COCc1nc2n(n1)CCCC2NC(=O)C[C@@H]1CCC[C@H]1N. The second kappa shape index (κ2) is 6.75. The summed E-state index contributed by atoms with van der Waals surface area (Å²) in [4.78, 5) is 16.8. The molecular weight excluding hydrogens is 282 g/mol. The number of aryl methyl sites for hydroxylation is 1. The first-order chi connectivity index (χ1) is 10.7. The van der Waals surface area contributed by atoms with E-state index in [-0.39, 0.29) is 18.0 Å². The van der Waals surface area contributed by atoms with Crippen LogP contribution in [0.1, 0.15) is 56.2 Å². The number of nitrogens with one attached hydrogen (secondary N) is 1. The smallest absolute Gasteiger partial charge is 0.220 e. The van der Waals surface area contributed by atoms with Crippen molar-refractivity contribution in [3.63, 3.8) is 0 Å². The number of methoxy groups -OCH3 is 1. The van der Waals surface area contributed by atoms with Gasteiger partial charge < -0.3 is 15.8 Å². The van der Waals surface area contributed by atoms with Crippen LogP contribution in [0.4, 0.5) is 0 Å². The highest BCUT2D eigenvalue weighted by Crippen LogP contribution is 2.28. The van der Waals surface area contributed by atoms with Crippen molar-refractivity contribution >= 4 is 5.91 Å². The first kappa shape index (κ1) is 15.4. The van der Waals surface area contributed by atoms with Crippen molar-refractivity contribution in [1.82, 2.24) is 20.1 Å². The number of ether oxygens (including phenoxy) is 1. The van der Waals surface area contributed by atoms with E-state index < -0.39 is 0 Å². The van der Waals surface area contributed by atoms with Crippen LogP contribution in [0.15, 0.2) is 0 Å². The van der Waals surface area contributed by atoms with Crippen LogP contribution in [0.3, 0.4) is 0 Å². The second-order valence-corrected chi connectivity index (χ2v) is 6.36. The molecule has 0 spiro atoms. The van der Waals surface area contributed by atoms with Gasteiger partial charge in [0.1, 0.15) is 12.4 Å². The van der Waals surface area contributed by atoms with E-state index in [1.54, 1.807) is 7.11 Å². The summed E-state index contributed by atoms with van der Waals surface area (Å²) < 4.78 is 6.98. The van der Waals surface area contributed by atoms with Gasteiger partial charge in [-0.15, -0.1) is 0 Å². The van der Waals surface area contributed by atoms with E-state index in [1.165, 1.54) is 0 Å². The van der Waals surface area contributed by atoms with Gasteiger partial charge in [0.2, 0.25) is 5.91 Å². The van der Waals surface area contributed by atoms with Crippen molar-refractivity contribution in [3.05, 3.63) is 11.6 Å². The number of carbonyl (C=O) groups excluding carboxylic acids is 1. The van der Waals surface area contributed by atoms with Gasteiger partial charge in [-0.1, -0.05) is 6.42 Å². The van der Waals surface area contributed by atoms with E-state index in [4.69, 9.17) is 10.5 Å². The molecule has 1 aliphatic carbocycles. The molecule has 3 N–H and O–H groups in total. The number of amides is 1. The lowest BCUT2D eigenvalue weighted by Crippen LogP contribution is -2.36. The Bertz CT molecular complexity index is 530. The van der Waals surface area contributed by atoms with Crippen LogP contribution in [0.2, 0.25) is 0 Å². The van der Waals surface area contributed by atoms with Crippen LogP contribution in [0.25, 0.3) is 0 Å². The highest BCUT2D eigenvalue weighted by atomic mass is 16.5.